The van der Waals surface area contributed by atoms with Crippen LogP contribution in [0.25, 0.3) is 0 Å². The third kappa shape index (κ3) is 7.76. The van der Waals surface area contributed by atoms with Crippen molar-refractivity contribution in [2.75, 3.05) is 5.32 Å². The number of benzene rings is 2. The van der Waals surface area contributed by atoms with E-state index in [2.05, 4.69) is 19.6 Å². The lowest BCUT2D eigenvalue weighted by Crippen LogP contribution is -2.30. The summed E-state index contributed by atoms with van der Waals surface area (Å²) in [5.74, 6) is -3.43. The maximum absolute atomic E-state index is 13.7. The fraction of sp³-hybridized carbons (Fsp3) is 0.370. The lowest BCUT2D eigenvalue weighted by molar-refractivity contribution is -0.169. The number of aromatic nitrogens is 2. The SMILES string of the molecule is CC(Oc1nc(Nc2ccc(S(=O)(=NC(=O)C(F)(F)F)C3CC3)cc2)ncc1C(F)(F)F)[C@@H](C)OCc1ccccc1. The Kier molecular flexibility index (Phi) is 9.11. The number of ether oxygens (including phenoxy) is 2. The van der Waals surface area contributed by atoms with Crippen LogP contribution in [0.2, 0.25) is 0 Å². The number of anilines is 2. The fourth-order valence-corrected chi connectivity index (χ4v) is 5.95. The van der Waals surface area contributed by atoms with Gasteiger partial charge in [0.15, 0.2) is 0 Å². The molecule has 0 aliphatic heterocycles. The quantitative estimate of drug-likeness (QED) is 0.253. The minimum atomic E-state index is -5.26. The molecule has 1 amide bonds. The van der Waals surface area contributed by atoms with E-state index in [1.807, 2.05) is 30.3 Å². The van der Waals surface area contributed by atoms with Gasteiger partial charge in [0.25, 0.3) is 0 Å². The van der Waals surface area contributed by atoms with Gasteiger partial charge in [-0.1, -0.05) is 30.3 Å². The van der Waals surface area contributed by atoms with Crippen LogP contribution in [0.1, 0.15) is 37.8 Å². The molecular weight excluding hydrogens is 590 g/mol. The second-order valence-corrected chi connectivity index (χ2v) is 12.0. The predicted molar refractivity (Wildman–Crippen MR) is 140 cm³/mol. The highest BCUT2D eigenvalue weighted by Gasteiger charge is 2.43. The number of hydrogen-bond donors (Lipinski definition) is 1. The molecule has 3 atom stereocenters. The number of rotatable bonds is 10. The summed E-state index contributed by atoms with van der Waals surface area (Å²) >= 11 is 0. The van der Waals surface area contributed by atoms with Crippen LogP contribution in [0, 0.1) is 0 Å². The minimum absolute atomic E-state index is 0.0798. The number of nitrogens with zero attached hydrogens (tertiary/aromatic N) is 3. The van der Waals surface area contributed by atoms with Crippen LogP contribution in [0.15, 0.2) is 70.1 Å². The average molecular weight is 617 g/mol. The van der Waals surface area contributed by atoms with Gasteiger partial charge in [-0.3, -0.25) is 4.79 Å². The lowest BCUT2D eigenvalue weighted by Gasteiger charge is -2.23. The van der Waals surface area contributed by atoms with Crippen LogP contribution in [-0.4, -0.2) is 43.7 Å². The first kappa shape index (κ1) is 31.2. The summed E-state index contributed by atoms with van der Waals surface area (Å²) in [4.78, 5) is 19.0. The van der Waals surface area contributed by atoms with Crippen LogP contribution in [0.4, 0.5) is 38.0 Å². The van der Waals surface area contributed by atoms with Crippen molar-refractivity contribution in [2.24, 2.45) is 4.36 Å². The number of amides is 1. The van der Waals surface area contributed by atoms with Gasteiger partial charge in [-0.25, -0.2) is 9.19 Å². The van der Waals surface area contributed by atoms with Crippen molar-refractivity contribution in [2.45, 2.75) is 68.0 Å². The molecule has 4 rings (SSSR count). The number of hydrogen-bond acceptors (Lipinski definition) is 7. The average Bonchev–Trinajstić information content (AvgIpc) is 3.78. The van der Waals surface area contributed by atoms with Crippen LogP contribution >= 0.6 is 0 Å². The second-order valence-electron chi connectivity index (χ2n) is 9.55. The van der Waals surface area contributed by atoms with E-state index in [4.69, 9.17) is 9.47 Å². The Morgan fingerprint density at radius 3 is 2.24 bits per heavy atom. The van der Waals surface area contributed by atoms with Crippen LogP contribution < -0.4 is 10.1 Å². The Morgan fingerprint density at radius 1 is 1.02 bits per heavy atom. The zero-order chi connectivity index (χ0) is 30.7. The monoisotopic (exact) mass is 616 g/mol. The summed E-state index contributed by atoms with van der Waals surface area (Å²) in [6.07, 6.45) is -10.3. The molecule has 1 saturated carbocycles. The molecule has 15 heteroatoms. The van der Waals surface area contributed by atoms with Crippen molar-refractivity contribution < 1.29 is 44.8 Å². The molecule has 1 aliphatic carbocycles. The lowest BCUT2D eigenvalue weighted by atomic mass is 10.2. The highest BCUT2D eigenvalue weighted by Crippen LogP contribution is 2.38. The number of carbonyl (C=O) groups excluding carboxylic acids is 1. The van der Waals surface area contributed by atoms with Crippen molar-refractivity contribution in [3.8, 4) is 5.88 Å². The number of carbonyl (C=O) groups is 1. The van der Waals surface area contributed by atoms with E-state index in [9.17, 15) is 35.3 Å². The van der Waals surface area contributed by atoms with Gasteiger partial charge < -0.3 is 14.8 Å². The fourth-order valence-electron chi connectivity index (χ4n) is 3.66. The highest BCUT2D eigenvalue weighted by molar-refractivity contribution is 7.94. The molecule has 1 heterocycles. The van der Waals surface area contributed by atoms with E-state index in [-0.39, 0.29) is 23.1 Å². The first-order valence-electron chi connectivity index (χ1n) is 12.7. The van der Waals surface area contributed by atoms with E-state index < -0.39 is 56.9 Å². The summed E-state index contributed by atoms with van der Waals surface area (Å²) in [5.41, 5.74) is -0.108. The Balaban J connectivity index is 1.52. The van der Waals surface area contributed by atoms with E-state index in [0.29, 0.717) is 19.0 Å². The number of halogens is 6. The molecule has 0 bridgehead atoms. The molecule has 0 spiro atoms. The van der Waals surface area contributed by atoms with Gasteiger partial charge in [-0.2, -0.15) is 31.3 Å². The third-order valence-electron chi connectivity index (χ3n) is 6.26. The molecule has 2 unspecified atom stereocenters. The molecule has 42 heavy (non-hydrogen) atoms. The molecule has 1 aromatic heterocycles. The molecule has 0 radical (unpaired) electrons. The molecule has 8 nitrogen and oxygen atoms in total. The Bertz CT molecular complexity index is 1520. The van der Waals surface area contributed by atoms with Crippen molar-refractivity contribution in [1.82, 2.24) is 9.97 Å². The first-order valence-corrected chi connectivity index (χ1v) is 14.3. The van der Waals surface area contributed by atoms with E-state index in [1.54, 1.807) is 6.92 Å². The summed E-state index contributed by atoms with van der Waals surface area (Å²) in [6, 6.07) is 14.3. The molecule has 3 aromatic rings. The van der Waals surface area contributed by atoms with Crippen LogP contribution in [0.5, 0.6) is 5.88 Å². The van der Waals surface area contributed by atoms with Gasteiger partial charge in [0.05, 0.1) is 22.4 Å². The van der Waals surface area contributed by atoms with Gasteiger partial charge in [0.1, 0.15) is 11.7 Å². The van der Waals surface area contributed by atoms with E-state index in [1.165, 1.54) is 31.2 Å². The number of alkyl halides is 6. The Hall–Kier alpha value is -3.72. The molecule has 226 valence electrons. The molecule has 1 aliphatic rings. The normalized spacial score (nSPS) is 16.7. The van der Waals surface area contributed by atoms with Crippen molar-refractivity contribution in [3.05, 3.63) is 71.9 Å². The predicted octanol–water partition coefficient (Wildman–Crippen LogP) is 6.69. The van der Waals surface area contributed by atoms with Crippen LogP contribution in [0.3, 0.4) is 0 Å². The molecule has 1 fully saturated rings. The molecular formula is C27H26F6N4O4S. The van der Waals surface area contributed by atoms with Gasteiger partial charge in [0.2, 0.25) is 11.8 Å². The Labute approximate surface area is 237 Å². The largest absolute Gasteiger partial charge is 0.474 e. The minimum Gasteiger partial charge on any atom is -0.471 e. The number of nitrogens with one attached hydrogen (secondary N) is 1. The summed E-state index contributed by atoms with van der Waals surface area (Å²) in [7, 11) is -3.68. The van der Waals surface area contributed by atoms with E-state index >= 15 is 0 Å². The molecule has 1 N–H and O–H groups in total. The zero-order valence-electron chi connectivity index (χ0n) is 22.3. The van der Waals surface area contributed by atoms with Gasteiger partial charge in [-0.05, 0) is 56.5 Å². The maximum atomic E-state index is 13.7. The summed E-state index contributed by atoms with van der Waals surface area (Å²) in [6.45, 7) is 3.41. The van der Waals surface area contributed by atoms with Gasteiger partial charge in [0, 0.05) is 22.0 Å². The van der Waals surface area contributed by atoms with Gasteiger partial charge >= 0.3 is 18.3 Å². The van der Waals surface area contributed by atoms with Crippen molar-refractivity contribution >= 4 is 27.3 Å². The highest BCUT2D eigenvalue weighted by atomic mass is 32.2. The summed E-state index contributed by atoms with van der Waals surface area (Å²) in [5, 5.41) is 2.00. The smallest absolute Gasteiger partial charge is 0.471 e. The summed E-state index contributed by atoms with van der Waals surface area (Å²) < 4.78 is 107. The van der Waals surface area contributed by atoms with Crippen LogP contribution in [-0.2, 0) is 32.0 Å². The topological polar surface area (TPSA) is 103 Å². The third-order valence-corrected chi connectivity index (χ3v) is 9.02. The van der Waals surface area contributed by atoms with E-state index in [0.717, 1.165) is 5.56 Å². The molecule has 2 aromatic carbocycles. The van der Waals surface area contributed by atoms with Gasteiger partial charge in [-0.15, -0.1) is 4.36 Å². The van der Waals surface area contributed by atoms with Crippen molar-refractivity contribution in [1.29, 1.82) is 0 Å². The standard InChI is InChI=1S/C27H26F6N4O4S/c1-16(40-15-18-6-4-3-5-7-18)17(2)41-23-22(26(28,29)30)14-34-25(36-23)35-19-8-10-20(11-9-19)42(39,21-12-13-21)37-24(38)27(31,32)33/h3-11,14,16-17,21H,12-13,15H2,1-2H3,(H,34,35,36)/t16-,17?,42?/m1/s1. The Morgan fingerprint density at radius 2 is 1.67 bits per heavy atom. The zero-order valence-corrected chi connectivity index (χ0v) is 23.1. The molecule has 0 saturated heterocycles. The maximum Gasteiger partial charge on any atom is 0.474 e. The first-order chi connectivity index (χ1) is 19.7. The van der Waals surface area contributed by atoms with Crippen molar-refractivity contribution in [3.63, 3.8) is 0 Å². The second kappa shape index (κ2) is 12.3.